The summed E-state index contributed by atoms with van der Waals surface area (Å²) in [7, 11) is 0. The normalized spacial score (nSPS) is 27.5. The van der Waals surface area contributed by atoms with Crippen LogP contribution in [-0.4, -0.2) is 42.5 Å². The number of thioether (sulfide) groups is 1. The molecule has 0 spiro atoms. The maximum atomic E-state index is 15.0. The average molecular weight is 470 g/mol. The van der Waals surface area contributed by atoms with Crippen molar-refractivity contribution in [2.24, 2.45) is 16.6 Å². The van der Waals surface area contributed by atoms with Crippen LogP contribution in [0.5, 0.6) is 0 Å². The molecule has 3 heterocycles. The molecule has 1 aliphatic carbocycles. The number of aliphatic hydroxyl groups excluding tert-OH is 1. The second-order valence-electron chi connectivity index (χ2n) is 8.32. The number of aromatic nitrogens is 3. The van der Waals surface area contributed by atoms with Gasteiger partial charge in [0, 0.05) is 18.2 Å². The van der Waals surface area contributed by atoms with E-state index in [4.69, 9.17) is 11.0 Å². The van der Waals surface area contributed by atoms with Crippen molar-refractivity contribution in [3.63, 3.8) is 0 Å². The summed E-state index contributed by atoms with van der Waals surface area (Å²) in [5, 5.41) is 18.7. The number of nitrogens with two attached hydrogens (primary N) is 1. The van der Waals surface area contributed by atoms with Crippen LogP contribution in [0.15, 0.2) is 41.8 Å². The van der Waals surface area contributed by atoms with Gasteiger partial charge in [-0.25, -0.2) is 23.1 Å². The molecule has 0 unspecified atom stereocenters. The molecule has 11 heteroatoms. The van der Waals surface area contributed by atoms with Crippen molar-refractivity contribution < 1.29 is 18.3 Å². The van der Waals surface area contributed by atoms with Crippen LogP contribution in [0.1, 0.15) is 29.3 Å². The van der Waals surface area contributed by atoms with Gasteiger partial charge in [-0.2, -0.15) is 5.26 Å². The van der Waals surface area contributed by atoms with E-state index in [-0.39, 0.29) is 17.2 Å². The van der Waals surface area contributed by atoms with Crippen LogP contribution < -0.4 is 5.73 Å². The van der Waals surface area contributed by atoms with E-state index in [0.29, 0.717) is 39.6 Å². The van der Waals surface area contributed by atoms with Crippen LogP contribution in [0, 0.1) is 23.1 Å². The summed E-state index contributed by atoms with van der Waals surface area (Å²) >= 11 is 0.641. The summed E-state index contributed by atoms with van der Waals surface area (Å²) in [4.78, 5) is 16.9. The number of fused-ring (bicyclic) bond motifs is 2. The smallest absolute Gasteiger partial charge is 0.272 e. The molecule has 1 fully saturated rings. The van der Waals surface area contributed by atoms with E-state index in [2.05, 4.69) is 19.9 Å². The van der Waals surface area contributed by atoms with Crippen molar-refractivity contribution in [2.45, 2.75) is 29.6 Å². The van der Waals surface area contributed by atoms with Gasteiger partial charge in [0.05, 0.1) is 34.8 Å². The minimum Gasteiger partial charge on any atom is -0.395 e. The Balaban J connectivity index is 1.57. The Bertz CT molecular complexity index is 1380. The number of benzene rings is 1. The summed E-state index contributed by atoms with van der Waals surface area (Å²) in [6, 6.07) is 7.81. The van der Waals surface area contributed by atoms with Crippen LogP contribution in [0.25, 0.3) is 11.0 Å². The first kappa shape index (κ1) is 21.6. The summed E-state index contributed by atoms with van der Waals surface area (Å²) in [6.07, 6.45) is 2.98. The minimum atomic E-state index is -3.26. The molecule has 1 aliphatic heterocycles. The molecule has 3 aromatic rings. The number of aliphatic imine (C=N–C) groups is 1. The third-order valence-corrected chi connectivity index (χ3v) is 7.67. The molecule has 2 aromatic heterocycles. The number of hydrogen-bond donors (Lipinski definition) is 2. The summed E-state index contributed by atoms with van der Waals surface area (Å²) in [5.41, 5.74) is 6.62. The highest BCUT2D eigenvalue weighted by Gasteiger charge is 2.87. The Morgan fingerprint density at radius 3 is 2.76 bits per heavy atom. The molecular weight excluding hydrogens is 453 g/mol. The molecule has 0 bridgehead atoms. The van der Waals surface area contributed by atoms with Crippen LogP contribution in [0.4, 0.5) is 13.2 Å². The lowest BCUT2D eigenvalue weighted by Crippen LogP contribution is -2.37. The molecule has 5 rings (SSSR count). The molecule has 168 valence electrons. The summed E-state index contributed by atoms with van der Waals surface area (Å²) in [5.74, 6) is -5.36. The zero-order chi connectivity index (χ0) is 23.6. The first-order valence-electron chi connectivity index (χ1n) is 9.98. The lowest BCUT2D eigenvalue weighted by atomic mass is 9.84. The van der Waals surface area contributed by atoms with Crippen LogP contribution in [0.2, 0.25) is 0 Å². The molecule has 3 atom stereocenters. The number of aliphatic hydroxyl groups is 1. The van der Waals surface area contributed by atoms with E-state index in [1.807, 2.05) is 6.07 Å². The van der Waals surface area contributed by atoms with Crippen molar-refractivity contribution in [2.75, 3.05) is 6.61 Å². The van der Waals surface area contributed by atoms with Crippen LogP contribution in [-0.2, 0) is 12.0 Å². The van der Waals surface area contributed by atoms with Gasteiger partial charge in [0.25, 0.3) is 5.92 Å². The Hall–Kier alpha value is -3.23. The third-order valence-electron chi connectivity index (χ3n) is 6.36. The van der Waals surface area contributed by atoms with Gasteiger partial charge in [-0.3, -0.25) is 9.98 Å². The average Bonchev–Trinajstić information content (AvgIpc) is 3.30. The second-order valence-corrected chi connectivity index (χ2v) is 9.67. The highest BCUT2D eigenvalue weighted by molar-refractivity contribution is 8.15. The molecule has 1 saturated carbocycles. The van der Waals surface area contributed by atoms with Crippen molar-refractivity contribution in [1.82, 2.24) is 15.0 Å². The van der Waals surface area contributed by atoms with E-state index in [9.17, 15) is 18.3 Å². The second kappa shape index (κ2) is 7.13. The Morgan fingerprint density at radius 1 is 1.24 bits per heavy atom. The fraction of sp³-hybridized carbons (Fsp3) is 0.318. The van der Waals surface area contributed by atoms with Gasteiger partial charge in [-0.15, -0.1) is 0 Å². The molecule has 3 N–H and O–H groups in total. The third kappa shape index (κ3) is 3.01. The summed E-state index contributed by atoms with van der Waals surface area (Å²) in [6.45, 7) is 0.620. The van der Waals surface area contributed by atoms with Crippen LogP contribution >= 0.6 is 11.8 Å². The number of nitriles is 1. The lowest BCUT2D eigenvalue weighted by molar-refractivity contribution is 0.0685. The van der Waals surface area contributed by atoms with Crippen molar-refractivity contribution in [3.05, 3.63) is 65.0 Å². The van der Waals surface area contributed by atoms with E-state index < -0.39 is 34.6 Å². The predicted octanol–water partition coefficient (Wildman–Crippen LogP) is 2.90. The molecule has 1 aromatic carbocycles. The highest BCUT2D eigenvalue weighted by atomic mass is 32.2. The maximum Gasteiger partial charge on any atom is 0.272 e. The summed E-state index contributed by atoms with van der Waals surface area (Å²) < 4.78 is 42.9. The van der Waals surface area contributed by atoms with Gasteiger partial charge >= 0.3 is 0 Å². The minimum absolute atomic E-state index is 0.0265. The molecule has 33 heavy (non-hydrogen) atoms. The fourth-order valence-electron chi connectivity index (χ4n) is 4.76. The molecular formula is C22H17F3N6OS. The molecule has 0 amide bonds. The number of alkyl halides is 2. The molecule has 2 aliphatic rings. The van der Waals surface area contributed by atoms with Gasteiger partial charge in [-0.05, 0) is 24.6 Å². The Kier molecular flexibility index (Phi) is 4.67. The highest BCUT2D eigenvalue weighted by Crippen LogP contribution is 2.74. The number of halogens is 3. The van der Waals surface area contributed by atoms with Gasteiger partial charge in [0.2, 0.25) is 0 Å². The Labute approximate surface area is 190 Å². The van der Waals surface area contributed by atoms with E-state index in [0.717, 1.165) is 0 Å². The zero-order valence-electron chi connectivity index (χ0n) is 17.3. The monoisotopic (exact) mass is 470 g/mol. The number of rotatable bonds is 4. The van der Waals surface area contributed by atoms with Crippen LogP contribution in [0.3, 0.4) is 0 Å². The number of pyridine rings is 1. The first-order chi connectivity index (χ1) is 15.7. The number of amidine groups is 1. The van der Waals surface area contributed by atoms with Gasteiger partial charge in [-0.1, -0.05) is 23.9 Å². The van der Waals surface area contributed by atoms with Crippen molar-refractivity contribution >= 4 is 28.0 Å². The van der Waals surface area contributed by atoms with Crippen molar-refractivity contribution in [3.8, 4) is 6.07 Å². The predicted molar refractivity (Wildman–Crippen MR) is 116 cm³/mol. The number of nitrogens with zero attached hydrogens (tertiary/aromatic N) is 5. The van der Waals surface area contributed by atoms with Crippen molar-refractivity contribution in [1.29, 1.82) is 5.26 Å². The largest absolute Gasteiger partial charge is 0.395 e. The standard InChI is InChI=1S/C22H17F3N6OS/c1-20(18-21(9-32,22(18,24)25)33-19(27)31-20)13-4-11(2-3-14(13)23)5-15-17-16(30-10-29-15)6-12(7-26)8-28-17/h2-4,6,8,10,18,32H,5,9H2,1H3,(H2,27,31)/t18-,20+,21+/m0/s1. The number of hydrogen-bond acceptors (Lipinski definition) is 8. The molecule has 0 saturated heterocycles. The van der Waals surface area contributed by atoms with Gasteiger partial charge < -0.3 is 10.8 Å². The van der Waals surface area contributed by atoms with E-state index in [1.54, 1.807) is 6.07 Å². The van der Waals surface area contributed by atoms with E-state index >= 15 is 0 Å². The molecule has 7 nitrogen and oxygen atoms in total. The van der Waals surface area contributed by atoms with E-state index in [1.165, 1.54) is 37.6 Å². The maximum absolute atomic E-state index is 15.0. The molecule has 0 radical (unpaired) electrons. The quantitative estimate of drug-likeness (QED) is 0.601. The topological polar surface area (TPSA) is 121 Å². The fourth-order valence-corrected chi connectivity index (χ4v) is 6.13. The first-order valence-corrected chi connectivity index (χ1v) is 10.8. The zero-order valence-corrected chi connectivity index (χ0v) is 18.1. The lowest BCUT2D eigenvalue weighted by Gasteiger charge is -2.32. The van der Waals surface area contributed by atoms with Gasteiger partial charge in [0.1, 0.15) is 28.5 Å². The SMILES string of the molecule is C[C@]1(c2cc(Cc3ncnc4cc(C#N)cnc34)ccc2F)N=C(N)S[C@]2(CO)[C@H]1C2(F)F. The van der Waals surface area contributed by atoms with Gasteiger partial charge in [0.15, 0.2) is 5.17 Å². The Morgan fingerprint density at radius 2 is 2.03 bits per heavy atom.